The average molecular weight is 384 g/mol. The molecule has 0 aromatic heterocycles. The summed E-state index contributed by atoms with van der Waals surface area (Å²) >= 11 is 3.46. The molecule has 0 aliphatic heterocycles. The number of benzene rings is 1. The number of thioether (sulfide) groups is 1. The molecule has 0 aliphatic carbocycles. The fourth-order valence-electron chi connectivity index (χ4n) is 1.97. The number of hydrogen-bond acceptors (Lipinski definition) is 2. The summed E-state index contributed by atoms with van der Waals surface area (Å²) in [4.78, 5) is 0. The lowest BCUT2D eigenvalue weighted by Gasteiger charge is -2.19. The zero-order valence-corrected chi connectivity index (χ0v) is 14.6. The van der Waals surface area contributed by atoms with Crippen LogP contribution in [0.2, 0.25) is 0 Å². The highest BCUT2D eigenvalue weighted by atomic mass is 79.9. The molecule has 1 aromatic rings. The maximum Gasteiger partial charge on any atom is 0.441 e. The van der Waals surface area contributed by atoms with Crippen LogP contribution in [0.5, 0.6) is 0 Å². The normalized spacial score (nSPS) is 13.7. The second kappa shape index (κ2) is 9.06. The molecule has 0 amide bonds. The minimum atomic E-state index is -4.13. The molecule has 0 saturated carbocycles. The molecular weight excluding hydrogens is 363 g/mol. The van der Waals surface area contributed by atoms with Gasteiger partial charge in [0, 0.05) is 16.3 Å². The van der Waals surface area contributed by atoms with Gasteiger partial charge in [-0.2, -0.15) is 13.2 Å². The highest BCUT2D eigenvalue weighted by Crippen LogP contribution is 2.31. The standard InChI is InChI=1S/C15H21BrF3NS/c1-11(2)20-10-13(7-8-21-15(17,18)19)9-12-3-5-14(16)6-4-12/h3-6,11,13,20H,7-10H2,1-2H3. The van der Waals surface area contributed by atoms with Crippen LogP contribution in [0.3, 0.4) is 0 Å². The molecule has 120 valence electrons. The Morgan fingerprint density at radius 2 is 1.81 bits per heavy atom. The third-order valence-electron chi connectivity index (χ3n) is 3.04. The fraction of sp³-hybridized carbons (Fsp3) is 0.600. The van der Waals surface area contributed by atoms with Gasteiger partial charge in [0.25, 0.3) is 0 Å². The van der Waals surface area contributed by atoms with Crippen molar-refractivity contribution in [3.63, 3.8) is 0 Å². The van der Waals surface area contributed by atoms with Gasteiger partial charge in [-0.05, 0) is 43.0 Å². The number of halogens is 4. The van der Waals surface area contributed by atoms with Crippen LogP contribution >= 0.6 is 27.7 Å². The van der Waals surface area contributed by atoms with Gasteiger partial charge >= 0.3 is 5.51 Å². The molecule has 0 fully saturated rings. The summed E-state index contributed by atoms with van der Waals surface area (Å²) in [6.45, 7) is 4.83. The lowest BCUT2D eigenvalue weighted by atomic mass is 9.96. The van der Waals surface area contributed by atoms with Crippen molar-refractivity contribution in [2.75, 3.05) is 12.3 Å². The van der Waals surface area contributed by atoms with Crippen molar-refractivity contribution < 1.29 is 13.2 Å². The summed E-state index contributed by atoms with van der Waals surface area (Å²) in [5.74, 6) is 0.327. The summed E-state index contributed by atoms with van der Waals surface area (Å²) < 4.78 is 37.7. The smallest absolute Gasteiger partial charge is 0.314 e. The van der Waals surface area contributed by atoms with Crippen LogP contribution in [0.15, 0.2) is 28.7 Å². The molecule has 1 unspecified atom stereocenters. The van der Waals surface area contributed by atoms with E-state index in [1.165, 1.54) is 0 Å². The predicted molar refractivity (Wildman–Crippen MR) is 87.6 cm³/mol. The third kappa shape index (κ3) is 9.42. The van der Waals surface area contributed by atoms with Gasteiger partial charge in [-0.3, -0.25) is 0 Å². The van der Waals surface area contributed by atoms with E-state index >= 15 is 0 Å². The van der Waals surface area contributed by atoms with Gasteiger partial charge in [-0.1, -0.05) is 53.7 Å². The van der Waals surface area contributed by atoms with Gasteiger partial charge in [0.15, 0.2) is 0 Å². The molecule has 0 spiro atoms. The van der Waals surface area contributed by atoms with Crippen molar-refractivity contribution in [1.82, 2.24) is 5.32 Å². The van der Waals surface area contributed by atoms with E-state index in [-0.39, 0.29) is 23.4 Å². The summed E-state index contributed by atoms with van der Waals surface area (Å²) in [7, 11) is 0. The zero-order valence-electron chi connectivity index (χ0n) is 12.2. The van der Waals surface area contributed by atoms with Gasteiger partial charge in [-0.25, -0.2) is 0 Å². The average Bonchev–Trinajstić information content (AvgIpc) is 2.36. The fourth-order valence-corrected chi connectivity index (χ4v) is 2.92. The van der Waals surface area contributed by atoms with E-state index in [0.29, 0.717) is 12.5 Å². The molecule has 6 heteroatoms. The minimum absolute atomic E-state index is 0.0739. The Hall–Kier alpha value is -0.200. The van der Waals surface area contributed by atoms with E-state index in [1.807, 2.05) is 38.1 Å². The van der Waals surface area contributed by atoms with Gasteiger partial charge in [0.1, 0.15) is 0 Å². The zero-order chi connectivity index (χ0) is 15.9. The van der Waals surface area contributed by atoms with Crippen LogP contribution < -0.4 is 5.32 Å². The molecule has 1 atom stereocenters. The van der Waals surface area contributed by atoms with Crippen molar-refractivity contribution in [3.05, 3.63) is 34.3 Å². The Bertz CT molecular complexity index is 406. The van der Waals surface area contributed by atoms with Gasteiger partial charge in [0.2, 0.25) is 0 Å². The van der Waals surface area contributed by atoms with Crippen LogP contribution in [-0.4, -0.2) is 23.8 Å². The summed E-state index contributed by atoms with van der Waals surface area (Å²) in [6, 6.07) is 8.30. The number of hydrogen-bond donors (Lipinski definition) is 1. The molecule has 21 heavy (non-hydrogen) atoms. The van der Waals surface area contributed by atoms with E-state index in [0.717, 1.165) is 23.0 Å². The second-order valence-electron chi connectivity index (χ2n) is 5.34. The molecule has 1 rings (SSSR count). The quantitative estimate of drug-likeness (QED) is 0.657. The van der Waals surface area contributed by atoms with E-state index in [1.54, 1.807) is 0 Å². The Labute approximate surface area is 137 Å². The highest BCUT2D eigenvalue weighted by Gasteiger charge is 2.28. The first-order chi connectivity index (χ1) is 9.76. The lowest BCUT2D eigenvalue weighted by Crippen LogP contribution is -2.30. The molecule has 0 aliphatic rings. The topological polar surface area (TPSA) is 12.0 Å². The van der Waals surface area contributed by atoms with Crippen molar-refractivity contribution in [1.29, 1.82) is 0 Å². The lowest BCUT2D eigenvalue weighted by molar-refractivity contribution is -0.0328. The predicted octanol–water partition coefficient (Wildman–Crippen LogP) is 5.25. The van der Waals surface area contributed by atoms with Crippen molar-refractivity contribution in [2.24, 2.45) is 5.92 Å². The second-order valence-corrected chi connectivity index (χ2v) is 7.42. The van der Waals surface area contributed by atoms with E-state index in [2.05, 4.69) is 21.2 Å². The van der Waals surface area contributed by atoms with Crippen LogP contribution in [0.4, 0.5) is 13.2 Å². The van der Waals surface area contributed by atoms with Crippen LogP contribution in [0.1, 0.15) is 25.8 Å². The van der Waals surface area contributed by atoms with Gasteiger partial charge in [-0.15, -0.1) is 0 Å². The van der Waals surface area contributed by atoms with Gasteiger partial charge in [0.05, 0.1) is 0 Å². The SMILES string of the molecule is CC(C)NCC(CCSC(F)(F)F)Cc1ccc(Br)cc1. The number of rotatable bonds is 8. The number of alkyl halides is 3. The van der Waals surface area contributed by atoms with E-state index in [4.69, 9.17) is 0 Å². The minimum Gasteiger partial charge on any atom is -0.314 e. The molecular formula is C15H21BrF3NS. The molecule has 0 radical (unpaired) electrons. The summed E-state index contributed by atoms with van der Waals surface area (Å²) in [6.07, 6.45) is 1.35. The van der Waals surface area contributed by atoms with E-state index in [9.17, 15) is 13.2 Å². The maximum absolute atomic E-state index is 12.2. The Balaban J connectivity index is 2.52. The summed E-state index contributed by atoms with van der Waals surface area (Å²) in [5, 5.41) is 3.33. The maximum atomic E-state index is 12.2. The Morgan fingerprint density at radius 3 is 2.33 bits per heavy atom. The first kappa shape index (κ1) is 18.8. The monoisotopic (exact) mass is 383 g/mol. The van der Waals surface area contributed by atoms with Crippen molar-refractivity contribution >= 4 is 27.7 Å². The van der Waals surface area contributed by atoms with Crippen LogP contribution in [0.25, 0.3) is 0 Å². The van der Waals surface area contributed by atoms with E-state index < -0.39 is 5.51 Å². The highest BCUT2D eigenvalue weighted by molar-refractivity contribution is 9.10. The Morgan fingerprint density at radius 1 is 1.19 bits per heavy atom. The third-order valence-corrected chi connectivity index (χ3v) is 4.34. The molecule has 0 heterocycles. The molecule has 1 aromatic carbocycles. The Kier molecular flexibility index (Phi) is 8.13. The van der Waals surface area contributed by atoms with Crippen LogP contribution in [0, 0.1) is 5.92 Å². The molecule has 0 saturated heterocycles. The van der Waals surface area contributed by atoms with Crippen molar-refractivity contribution in [2.45, 2.75) is 38.2 Å². The molecule has 0 bridgehead atoms. The van der Waals surface area contributed by atoms with Crippen molar-refractivity contribution in [3.8, 4) is 0 Å². The first-order valence-corrected chi connectivity index (χ1v) is 8.72. The van der Waals surface area contributed by atoms with Crippen LogP contribution in [-0.2, 0) is 6.42 Å². The van der Waals surface area contributed by atoms with Gasteiger partial charge < -0.3 is 5.32 Å². The molecule has 1 nitrogen and oxygen atoms in total. The first-order valence-electron chi connectivity index (χ1n) is 6.95. The largest absolute Gasteiger partial charge is 0.441 e. The number of nitrogens with one attached hydrogen (secondary N) is 1. The summed E-state index contributed by atoms with van der Waals surface area (Å²) in [5.41, 5.74) is -2.97. The molecule has 1 N–H and O–H groups in total.